The maximum absolute atomic E-state index is 5.80. The summed E-state index contributed by atoms with van der Waals surface area (Å²) in [5.74, 6) is 3.24. The predicted molar refractivity (Wildman–Crippen MR) is 80.7 cm³/mol. The van der Waals surface area contributed by atoms with Gasteiger partial charge in [0.1, 0.15) is 0 Å². The summed E-state index contributed by atoms with van der Waals surface area (Å²) >= 11 is 0. The van der Waals surface area contributed by atoms with Crippen LogP contribution in [0, 0.1) is 11.8 Å². The lowest BCUT2D eigenvalue weighted by molar-refractivity contribution is 0.536. The number of aromatic nitrogens is 3. The van der Waals surface area contributed by atoms with Gasteiger partial charge in [-0.05, 0) is 37.5 Å². The maximum atomic E-state index is 5.80. The monoisotopic (exact) mass is 276 g/mol. The van der Waals surface area contributed by atoms with Gasteiger partial charge in [-0.3, -0.25) is 0 Å². The van der Waals surface area contributed by atoms with E-state index in [2.05, 4.69) is 32.1 Å². The summed E-state index contributed by atoms with van der Waals surface area (Å²) in [6, 6.07) is 0. The van der Waals surface area contributed by atoms with E-state index < -0.39 is 0 Å². The summed E-state index contributed by atoms with van der Waals surface area (Å²) in [5, 5.41) is 3.34. The van der Waals surface area contributed by atoms with Crippen LogP contribution in [0.15, 0.2) is 0 Å². The van der Waals surface area contributed by atoms with Crippen LogP contribution in [0.3, 0.4) is 0 Å². The summed E-state index contributed by atoms with van der Waals surface area (Å²) in [7, 11) is 0. The minimum Gasteiger partial charge on any atom is -0.368 e. The highest BCUT2D eigenvalue weighted by molar-refractivity contribution is 5.42. The van der Waals surface area contributed by atoms with Crippen LogP contribution >= 0.6 is 0 Å². The molecule has 6 heteroatoms. The first-order valence-electron chi connectivity index (χ1n) is 7.71. The molecule has 110 valence electrons. The molecule has 1 aliphatic heterocycles. The number of anilines is 3. The van der Waals surface area contributed by atoms with Crippen LogP contribution in [0.1, 0.15) is 39.0 Å². The van der Waals surface area contributed by atoms with Gasteiger partial charge in [-0.2, -0.15) is 15.0 Å². The standard InChI is InChI=1S/C14H24N6/c1-10-4-5-11(8-10)9-16-13-17-12(15)18-14(19-13)20-6-2-3-7-20/h10-11H,2-9H2,1H3,(H3,15,16,17,18,19). The quantitative estimate of drug-likeness (QED) is 0.874. The van der Waals surface area contributed by atoms with E-state index in [0.717, 1.165) is 37.4 Å². The molecule has 2 heterocycles. The molecule has 0 bridgehead atoms. The van der Waals surface area contributed by atoms with Crippen molar-refractivity contribution in [3.8, 4) is 0 Å². The van der Waals surface area contributed by atoms with Crippen molar-refractivity contribution < 1.29 is 0 Å². The Morgan fingerprint density at radius 2 is 2.00 bits per heavy atom. The molecule has 20 heavy (non-hydrogen) atoms. The number of nitrogen functional groups attached to an aromatic ring is 1. The van der Waals surface area contributed by atoms with Crippen molar-refractivity contribution >= 4 is 17.8 Å². The van der Waals surface area contributed by atoms with E-state index in [9.17, 15) is 0 Å². The maximum Gasteiger partial charge on any atom is 0.231 e. The second kappa shape index (κ2) is 5.81. The van der Waals surface area contributed by atoms with E-state index in [1.54, 1.807) is 0 Å². The van der Waals surface area contributed by atoms with Gasteiger partial charge in [-0.25, -0.2) is 0 Å². The van der Waals surface area contributed by atoms with Crippen molar-refractivity contribution in [1.82, 2.24) is 15.0 Å². The Kier molecular flexibility index (Phi) is 3.89. The Labute approximate surface area is 120 Å². The zero-order valence-electron chi connectivity index (χ0n) is 12.2. The first kappa shape index (κ1) is 13.4. The van der Waals surface area contributed by atoms with E-state index in [0.29, 0.717) is 11.9 Å². The van der Waals surface area contributed by atoms with Crippen LogP contribution in [-0.2, 0) is 0 Å². The number of nitrogens with zero attached hydrogens (tertiary/aromatic N) is 4. The number of hydrogen-bond donors (Lipinski definition) is 2. The molecular formula is C14H24N6. The topological polar surface area (TPSA) is 80.0 Å². The van der Waals surface area contributed by atoms with Crippen LogP contribution in [0.25, 0.3) is 0 Å². The number of nitrogens with one attached hydrogen (secondary N) is 1. The minimum atomic E-state index is 0.309. The molecule has 1 aromatic heterocycles. The van der Waals surface area contributed by atoms with Crippen molar-refractivity contribution in [3.63, 3.8) is 0 Å². The molecule has 1 saturated heterocycles. The van der Waals surface area contributed by atoms with Gasteiger partial charge in [0.25, 0.3) is 0 Å². The molecule has 2 atom stereocenters. The summed E-state index contributed by atoms with van der Waals surface area (Å²) < 4.78 is 0. The lowest BCUT2D eigenvalue weighted by atomic mass is 10.1. The smallest absolute Gasteiger partial charge is 0.231 e. The molecular weight excluding hydrogens is 252 g/mol. The molecule has 2 fully saturated rings. The van der Waals surface area contributed by atoms with E-state index in [1.807, 2.05) is 0 Å². The number of nitrogens with two attached hydrogens (primary N) is 1. The molecule has 3 N–H and O–H groups in total. The van der Waals surface area contributed by atoms with Gasteiger partial charge in [0, 0.05) is 19.6 Å². The van der Waals surface area contributed by atoms with Crippen molar-refractivity contribution in [3.05, 3.63) is 0 Å². The highest BCUT2D eigenvalue weighted by atomic mass is 15.3. The second-order valence-electron chi connectivity index (χ2n) is 6.18. The van der Waals surface area contributed by atoms with E-state index in [1.165, 1.54) is 32.1 Å². The average molecular weight is 276 g/mol. The van der Waals surface area contributed by atoms with Gasteiger partial charge < -0.3 is 16.0 Å². The third-order valence-corrected chi connectivity index (χ3v) is 4.38. The van der Waals surface area contributed by atoms with E-state index in [4.69, 9.17) is 5.73 Å². The molecule has 1 saturated carbocycles. The highest BCUT2D eigenvalue weighted by Crippen LogP contribution is 2.30. The van der Waals surface area contributed by atoms with Crippen molar-refractivity contribution in [2.24, 2.45) is 11.8 Å². The summed E-state index contributed by atoms with van der Waals surface area (Å²) in [5.41, 5.74) is 5.80. The molecule has 6 nitrogen and oxygen atoms in total. The van der Waals surface area contributed by atoms with Gasteiger partial charge in [0.05, 0.1) is 0 Å². The van der Waals surface area contributed by atoms with Crippen LogP contribution in [-0.4, -0.2) is 34.6 Å². The lowest BCUT2D eigenvalue weighted by Gasteiger charge is -2.17. The Hall–Kier alpha value is -1.59. The number of rotatable bonds is 4. The Morgan fingerprint density at radius 1 is 1.20 bits per heavy atom. The third kappa shape index (κ3) is 3.11. The fourth-order valence-electron chi connectivity index (χ4n) is 3.26. The van der Waals surface area contributed by atoms with Gasteiger partial charge in [-0.15, -0.1) is 0 Å². The van der Waals surface area contributed by atoms with Gasteiger partial charge in [0.2, 0.25) is 17.8 Å². The van der Waals surface area contributed by atoms with Crippen LogP contribution < -0.4 is 16.0 Å². The van der Waals surface area contributed by atoms with Crippen LogP contribution in [0.2, 0.25) is 0 Å². The molecule has 0 amide bonds. The van der Waals surface area contributed by atoms with E-state index in [-0.39, 0.29) is 0 Å². The van der Waals surface area contributed by atoms with Gasteiger partial charge in [-0.1, -0.05) is 13.3 Å². The molecule has 2 unspecified atom stereocenters. The highest BCUT2D eigenvalue weighted by Gasteiger charge is 2.22. The predicted octanol–water partition coefficient (Wildman–Crippen LogP) is 1.90. The Balaban J connectivity index is 1.63. The van der Waals surface area contributed by atoms with Crippen LogP contribution in [0.4, 0.5) is 17.8 Å². The summed E-state index contributed by atoms with van der Waals surface area (Å²) in [6.07, 6.45) is 6.34. The molecule has 0 radical (unpaired) electrons. The van der Waals surface area contributed by atoms with E-state index >= 15 is 0 Å². The first-order chi connectivity index (χ1) is 9.70. The summed E-state index contributed by atoms with van der Waals surface area (Å²) in [6.45, 7) is 5.30. The Morgan fingerprint density at radius 3 is 2.70 bits per heavy atom. The fraction of sp³-hybridized carbons (Fsp3) is 0.786. The third-order valence-electron chi connectivity index (χ3n) is 4.38. The molecule has 2 aliphatic rings. The normalized spacial score (nSPS) is 26.1. The zero-order chi connectivity index (χ0) is 13.9. The first-order valence-corrected chi connectivity index (χ1v) is 7.71. The average Bonchev–Trinajstić information content (AvgIpc) is 3.07. The molecule has 3 rings (SSSR count). The van der Waals surface area contributed by atoms with Crippen molar-refractivity contribution in [1.29, 1.82) is 0 Å². The van der Waals surface area contributed by atoms with Gasteiger partial charge >= 0.3 is 0 Å². The van der Waals surface area contributed by atoms with Crippen molar-refractivity contribution in [2.45, 2.75) is 39.0 Å². The largest absolute Gasteiger partial charge is 0.368 e. The molecule has 0 aromatic carbocycles. The Bertz CT molecular complexity index is 457. The molecule has 1 aliphatic carbocycles. The summed E-state index contributed by atoms with van der Waals surface area (Å²) in [4.78, 5) is 15.1. The SMILES string of the molecule is CC1CCC(CNc2nc(N)nc(N3CCCC3)n2)C1. The van der Waals surface area contributed by atoms with Crippen LogP contribution in [0.5, 0.6) is 0 Å². The lowest BCUT2D eigenvalue weighted by Crippen LogP contribution is -2.23. The zero-order valence-corrected chi connectivity index (χ0v) is 12.2. The van der Waals surface area contributed by atoms with Gasteiger partial charge in [0.15, 0.2) is 0 Å². The fourth-order valence-corrected chi connectivity index (χ4v) is 3.26. The second-order valence-corrected chi connectivity index (χ2v) is 6.18. The molecule has 0 spiro atoms. The number of hydrogen-bond acceptors (Lipinski definition) is 6. The molecule has 1 aromatic rings. The minimum absolute atomic E-state index is 0.309. The van der Waals surface area contributed by atoms with Crippen molar-refractivity contribution in [2.75, 3.05) is 35.6 Å².